The van der Waals surface area contributed by atoms with Gasteiger partial charge in [0, 0.05) is 30.5 Å². The molecule has 0 aliphatic carbocycles. The molecule has 2 atom stereocenters. The standard InChI is InChI=1S/C30H33F4N3O4S/c1-29(2,3)35-18-19-10-11-24-25(12-13-41-27(24)14-19)36-28(38)17-26(20-6-4-8-22(31)15-20)37-42(39,40)23-9-5-7-21(16-23)30(32,33)34/h4-11,14-16,25-26,35,37H,12-13,17-18H2,1-3H3,(H,36,38)/t25-,26-/m1/s1. The normalized spacial score (nSPS) is 16.3. The van der Waals surface area contributed by atoms with Crippen molar-refractivity contribution in [2.24, 2.45) is 0 Å². The van der Waals surface area contributed by atoms with Crippen LogP contribution in [0.2, 0.25) is 0 Å². The van der Waals surface area contributed by atoms with Gasteiger partial charge in [-0.05, 0) is 68.3 Å². The highest BCUT2D eigenvalue weighted by Crippen LogP contribution is 2.34. The zero-order chi connectivity index (χ0) is 30.7. The Kier molecular flexibility index (Phi) is 9.29. The van der Waals surface area contributed by atoms with E-state index in [9.17, 15) is 30.8 Å². The van der Waals surface area contributed by atoms with Crippen molar-refractivity contribution in [3.05, 3.63) is 94.8 Å². The number of carbonyl (C=O) groups is 1. The van der Waals surface area contributed by atoms with Crippen LogP contribution in [0.15, 0.2) is 71.6 Å². The third kappa shape index (κ3) is 8.30. The van der Waals surface area contributed by atoms with E-state index in [1.165, 1.54) is 12.1 Å². The number of ether oxygens (including phenoxy) is 1. The van der Waals surface area contributed by atoms with Crippen molar-refractivity contribution < 1.29 is 35.5 Å². The van der Waals surface area contributed by atoms with Crippen LogP contribution >= 0.6 is 0 Å². The van der Waals surface area contributed by atoms with Crippen LogP contribution in [0, 0.1) is 5.82 Å². The van der Waals surface area contributed by atoms with Gasteiger partial charge in [-0.3, -0.25) is 4.79 Å². The molecule has 3 N–H and O–H groups in total. The maximum Gasteiger partial charge on any atom is 0.416 e. The molecule has 226 valence electrons. The van der Waals surface area contributed by atoms with Gasteiger partial charge >= 0.3 is 6.18 Å². The molecule has 42 heavy (non-hydrogen) atoms. The van der Waals surface area contributed by atoms with Crippen LogP contribution in [0.4, 0.5) is 17.6 Å². The fourth-order valence-electron chi connectivity index (χ4n) is 4.55. The summed E-state index contributed by atoms with van der Waals surface area (Å²) in [4.78, 5) is 12.6. The molecule has 3 aromatic rings. The summed E-state index contributed by atoms with van der Waals surface area (Å²) in [7, 11) is -4.53. The lowest BCUT2D eigenvalue weighted by molar-refractivity contribution is -0.137. The van der Waals surface area contributed by atoms with Gasteiger partial charge in [0.2, 0.25) is 15.9 Å². The van der Waals surface area contributed by atoms with E-state index < -0.39 is 56.9 Å². The average Bonchev–Trinajstić information content (AvgIpc) is 2.90. The highest BCUT2D eigenvalue weighted by atomic mass is 32.2. The summed E-state index contributed by atoms with van der Waals surface area (Å²) >= 11 is 0. The van der Waals surface area contributed by atoms with Crippen LogP contribution < -0.4 is 20.1 Å². The van der Waals surface area contributed by atoms with E-state index in [1.807, 2.05) is 18.2 Å². The van der Waals surface area contributed by atoms with E-state index in [2.05, 4.69) is 36.1 Å². The number of hydrogen-bond acceptors (Lipinski definition) is 5. The molecule has 0 spiro atoms. The third-order valence-electron chi connectivity index (χ3n) is 6.69. The maximum atomic E-state index is 14.1. The van der Waals surface area contributed by atoms with E-state index >= 15 is 0 Å². The van der Waals surface area contributed by atoms with Crippen LogP contribution in [-0.4, -0.2) is 26.5 Å². The molecule has 7 nitrogen and oxygen atoms in total. The lowest BCUT2D eigenvalue weighted by Crippen LogP contribution is -2.37. The first-order valence-corrected chi connectivity index (χ1v) is 14.8. The Morgan fingerprint density at radius 2 is 1.76 bits per heavy atom. The van der Waals surface area contributed by atoms with E-state index in [4.69, 9.17) is 4.74 Å². The Balaban J connectivity index is 1.53. The van der Waals surface area contributed by atoms with Crippen LogP contribution in [0.3, 0.4) is 0 Å². The summed E-state index contributed by atoms with van der Waals surface area (Å²) in [5.74, 6) is -0.565. The Morgan fingerprint density at radius 3 is 2.45 bits per heavy atom. The summed E-state index contributed by atoms with van der Waals surface area (Å²) in [6, 6.07) is 12.3. The minimum atomic E-state index is -4.75. The topological polar surface area (TPSA) is 96.5 Å². The number of nitrogens with one attached hydrogen (secondary N) is 3. The molecule has 1 heterocycles. The van der Waals surface area contributed by atoms with Gasteiger partial charge in [-0.25, -0.2) is 17.5 Å². The van der Waals surface area contributed by atoms with Gasteiger partial charge in [-0.15, -0.1) is 0 Å². The van der Waals surface area contributed by atoms with Crippen molar-refractivity contribution in [2.45, 2.75) is 68.9 Å². The largest absolute Gasteiger partial charge is 0.493 e. The monoisotopic (exact) mass is 607 g/mol. The lowest BCUT2D eigenvalue weighted by Gasteiger charge is -2.28. The predicted molar refractivity (Wildman–Crippen MR) is 150 cm³/mol. The molecule has 1 aliphatic heterocycles. The van der Waals surface area contributed by atoms with Crippen molar-refractivity contribution in [3.8, 4) is 5.75 Å². The van der Waals surface area contributed by atoms with Crippen molar-refractivity contribution in [2.75, 3.05) is 6.61 Å². The van der Waals surface area contributed by atoms with Gasteiger partial charge in [0.15, 0.2) is 0 Å². The summed E-state index contributed by atoms with van der Waals surface area (Å²) < 4.78 is 88.1. The fourth-order valence-corrected chi connectivity index (χ4v) is 5.82. The maximum absolute atomic E-state index is 14.1. The van der Waals surface area contributed by atoms with Crippen molar-refractivity contribution in [3.63, 3.8) is 0 Å². The molecule has 0 bridgehead atoms. The molecule has 0 radical (unpaired) electrons. The molecule has 0 saturated carbocycles. The van der Waals surface area contributed by atoms with Gasteiger partial charge in [-0.2, -0.15) is 13.2 Å². The first-order chi connectivity index (χ1) is 19.6. The number of sulfonamides is 1. The molecule has 12 heteroatoms. The molecular formula is C30H33F4N3O4S. The van der Waals surface area contributed by atoms with Crippen LogP contribution in [0.1, 0.15) is 68.0 Å². The van der Waals surface area contributed by atoms with Gasteiger partial charge in [0.05, 0.1) is 29.1 Å². The second-order valence-electron chi connectivity index (χ2n) is 11.2. The first-order valence-electron chi connectivity index (χ1n) is 13.4. The number of alkyl halides is 3. The zero-order valence-corrected chi connectivity index (χ0v) is 24.2. The van der Waals surface area contributed by atoms with Crippen molar-refractivity contribution in [1.29, 1.82) is 0 Å². The van der Waals surface area contributed by atoms with Crippen LogP contribution in [-0.2, 0) is 27.5 Å². The summed E-state index contributed by atoms with van der Waals surface area (Å²) in [5, 5.41) is 6.31. The minimum Gasteiger partial charge on any atom is -0.493 e. The summed E-state index contributed by atoms with van der Waals surface area (Å²) in [5.41, 5.74) is 0.700. The number of amides is 1. The summed E-state index contributed by atoms with van der Waals surface area (Å²) in [6.45, 7) is 7.15. The van der Waals surface area contributed by atoms with Crippen LogP contribution in [0.25, 0.3) is 0 Å². The molecule has 0 saturated heterocycles. The fraction of sp³-hybridized carbons (Fsp3) is 0.367. The second kappa shape index (κ2) is 12.4. The van der Waals surface area contributed by atoms with Crippen LogP contribution in [0.5, 0.6) is 5.75 Å². The number of benzene rings is 3. The van der Waals surface area contributed by atoms with Crippen molar-refractivity contribution >= 4 is 15.9 Å². The van der Waals surface area contributed by atoms with Gasteiger partial charge in [-0.1, -0.05) is 30.3 Å². The third-order valence-corrected chi connectivity index (χ3v) is 8.15. The number of carbonyl (C=O) groups excluding carboxylic acids is 1. The molecule has 1 aliphatic rings. The number of rotatable bonds is 9. The van der Waals surface area contributed by atoms with Gasteiger partial charge in [0.1, 0.15) is 11.6 Å². The quantitative estimate of drug-likeness (QED) is 0.268. The molecule has 4 rings (SSSR count). The molecule has 0 fully saturated rings. The van der Waals surface area contributed by atoms with E-state index in [0.29, 0.717) is 31.4 Å². The van der Waals surface area contributed by atoms with E-state index in [1.54, 1.807) is 0 Å². The van der Waals surface area contributed by atoms with Gasteiger partial charge in [0.25, 0.3) is 0 Å². The highest BCUT2D eigenvalue weighted by molar-refractivity contribution is 7.89. The van der Waals surface area contributed by atoms with E-state index in [0.717, 1.165) is 41.5 Å². The highest BCUT2D eigenvalue weighted by Gasteiger charge is 2.33. The molecular weight excluding hydrogens is 574 g/mol. The average molecular weight is 608 g/mol. The minimum absolute atomic E-state index is 0.0753. The Labute approximate surface area is 242 Å². The van der Waals surface area contributed by atoms with Crippen molar-refractivity contribution in [1.82, 2.24) is 15.4 Å². The first kappa shape index (κ1) is 31.5. The summed E-state index contributed by atoms with van der Waals surface area (Å²) in [6.07, 6.45) is -4.71. The second-order valence-corrected chi connectivity index (χ2v) is 12.9. The number of fused-ring (bicyclic) bond motifs is 1. The molecule has 1 amide bonds. The Bertz CT molecular complexity index is 1540. The molecule has 3 aromatic carbocycles. The number of hydrogen-bond donors (Lipinski definition) is 3. The SMILES string of the molecule is CC(C)(C)NCc1ccc2c(c1)OCC[C@H]2NC(=O)C[C@@H](NS(=O)(=O)c1cccc(C(F)(F)F)c1)c1cccc(F)c1. The predicted octanol–water partition coefficient (Wildman–Crippen LogP) is 5.78. The lowest BCUT2D eigenvalue weighted by atomic mass is 9.97. The molecule has 0 unspecified atom stereocenters. The zero-order valence-electron chi connectivity index (χ0n) is 23.4. The van der Waals surface area contributed by atoms with Gasteiger partial charge < -0.3 is 15.4 Å². The van der Waals surface area contributed by atoms with E-state index in [-0.39, 0.29) is 11.1 Å². The Hall–Kier alpha value is -3.48. The Morgan fingerprint density at radius 1 is 1.02 bits per heavy atom. The molecule has 0 aromatic heterocycles. The number of halogens is 4. The smallest absolute Gasteiger partial charge is 0.416 e.